The first-order valence-corrected chi connectivity index (χ1v) is 10.7. The molecule has 3 aromatic rings. The van der Waals surface area contributed by atoms with E-state index in [9.17, 15) is 9.90 Å². The van der Waals surface area contributed by atoms with Crippen LogP contribution in [-0.2, 0) is 0 Å². The highest BCUT2D eigenvalue weighted by atomic mass is 16.5. The molecule has 1 aliphatic rings. The second-order valence-corrected chi connectivity index (χ2v) is 7.68. The molecule has 0 bridgehead atoms. The molecule has 1 fully saturated rings. The van der Waals surface area contributed by atoms with Crippen molar-refractivity contribution in [2.24, 2.45) is 0 Å². The van der Waals surface area contributed by atoms with E-state index in [1.54, 1.807) is 62.0 Å². The molecule has 2 heterocycles. The topological polar surface area (TPSA) is 99.6 Å². The van der Waals surface area contributed by atoms with Crippen LogP contribution in [0, 0.1) is 0 Å². The molecule has 1 saturated heterocycles. The maximum absolute atomic E-state index is 12.5. The summed E-state index contributed by atoms with van der Waals surface area (Å²) in [6.07, 6.45) is 5.75. The van der Waals surface area contributed by atoms with Crippen molar-refractivity contribution in [2.45, 2.75) is 12.8 Å². The summed E-state index contributed by atoms with van der Waals surface area (Å²) in [5, 5.41) is 15.7. The molecule has 1 aromatic heterocycles. The number of phenols is 1. The number of anilines is 2. The van der Waals surface area contributed by atoms with E-state index in [1.807, 2.05) is 0 Å². The molecule has 0 aliphatic carbocycles. The largest absolute Gasteiger partial charge is 0.508 e. The van der Waals surface area contributed by atoms with E-state index in [2.05, 4.69) is 25.5 Å². The monoisotopic (exact) mass is 433 g/mol. The van der Waals surface area contributed by atoms with Crippen molar-refractivity contribution in [3.63, 3.8) is 0 Å². The number of hydrogen-bond donors (Lipinski definition) is 3. The van der Waals surface area contributed by atoms with Crippen LogP contribution in [0.3, 0.4) is 0 Å². The van der Waals surface area contributed by atoms with Crippen molar-refractivity contribution in [3.05, 3.63) is 60.4 Å². The van der Waals surface area contributed by atoms with E-state index in [-0.39, 0.29) is 11.7 Å². The standard InChI is InChI=1S/C24H27N5O3/c1-32-22-14-18(24(31)26-10-13-29-11-2-3-12-29)6-9-20(22)27-23-16-25-15-21(28-23)17-4-7-19(30)8-5-17/h4-9,14-16,30H,2-3,10-13H2,1H3,(H,26,31)(H,27,28). The number of benzene rings is 2. The molecule has 8 nitrogen and oxygen atoms in total. The van der Waals surface area contributed by atoms with E-state index in [0.717, 1.165) is 25.2 Å². The van der Waals surface area contributed by atoms with Crippen LogP contribution in [0.15, 0.2) is 54.9 Å². The highest BCUT2D eigenvalue weighted by Crippen LogP contribution is 2.29. The Kier molecular flexibility index (Phi) is 6.81. The van der Waals surface area contributed by atoms with Crippen molar-refractivity contribution in [1.29, 1.82) is 0 Å². The number of amides is 1. The van der Waals surface area contributed by atoms with Crippen LogP contribution in [0.4, 0.5) is 11.5 Å². The van der Waals surface area contributed by atoms with E-state index < -0.39 is 0 Å². The average molecular weight is 434 g/mol. The van der Waals surface area contributed by atoms with Gasteiger partial charge >= 0.3 is 0 Å². The lowest BCUT2D eigenvalue weighted by molar-refractivity contribution is 0.0949. The summed E-state index contributed by atoms with van der Waals surface area (Å²) < 4.78 is 5.50. The Balaban J connectivity index is 1.43. The third-order valence-corrected chi connectivity index (χ3v) is 5.44. The van der Waals surface area contributed by atoms with Gasteiger partial charge in [-0.2, -0.15) is 0 Å². The fourth-order valence-electron chi connectivity index (χ4n) is 3.71. The molecule has 1 aliphatic heterocycles. The van der Waals surface area contributed by atoms with Crippen LogP contribution in [-0.4, -0.2) is 59.2 Å². The van der Waals surface area contributed by atoms with Gasteiger partial charge in [-0.15, -0.1) is 0 Å². The molecule has 0 saturated carbocycles. The van der Waals surface area contributed by atoms with Crippen molar-refractivity contribution in [2.75, 3.05) is 38.6 Å². The summed E-state index contributed by atoms with van der Waals surface area (Å²) in [7, 11) is 1.56. The Labute approximate surface area is 187 Å². The normalized spacial score (nSPS) is 13.7. The summed E-state index contributed by atoms with van der Waals surface area (Å²) in [4.78, 5) is 23.7. The molecule has 0 radical (unpaired) electrons. The van der Waals surface area contributed by atoms with Crippen LogP contribution >= 0.6 is 0 Å². The highest BCUT2D eigenvalue weighted by molar-refractivity contribution is 5.95. The van der Waals surface area contributed by atoms with Gasteiger partial charge in [-0.3, -0.25) is 9.78 Å². The summed E-state index contributed by atoms with van der Waals surface area (Å²) in [5.41, 5.74) is 2.73. The lowest BCUT2D eigenvalue weighted by Gasteiger charge is -2.15. The predicted octanol–water partition coefficient (Wildman–Crippen LogP) is 3.43. The predicted molar refractivity (Wildman–Crippen MR) is 123 cm³/mol. The van der Waals surface area contributed by atoms with Crippen LogP contribution in [0.5, 0.6) is 11.5 Å². The number of aromatic nitrogens is 2. The quantitative estimate of drug-likeness (QED) is 0.500. The van der Waals surface area contributed by atoms with Gasteiger partial charge in [0.25, 0.3) is 5.91 Å². The summed E-state index contributed by atoms with van der Waals surface area (Å²) in [5.74, 6) is 1.15. The van der Waals surface area contributed by atoms with E-state index >= 15 is 0 Å². The first-order valence-electron chi connectivity index (χ1n) is 10.7. The van der Waals surface area contributed by atoms with Crippen molar-refractivity contribution < 1.29 is 14.6 Å². The molecule has 3 N–H and O–H groups in total. The molecule has 2 aromatic carbocycles. The minimum absolute atomic E-state index is 0.122. The second kappa shape index (κ2) is 10.1. The van der Waals surface area contributed by atoms with Crippen molar-refractivity contribution >= 4 is 17.4 Å². The van der Waals surface area contributed by atoms with Gasteiger partial charge in [0.15, 0.2) is 0 Å². The van der Waals surface area contributed by atoms with Gasteiger partial charge < -0.3 is 25.4 Å². The molecule has 1 amide bonds. The van der Waals surface area contributed by atoms with Gasteiger partial charge in [-0.05, 0) is 68.4 Å². The number of phenolic OH excluding ortho intramolecular Hbond substituents is 1. The Morgan fingerprint density at radius 3 is 2.66 bits per heavy atom. The Morgan fingerprint density at radius 2 is 1.91 bits per heavy atom. The number of hydrogen-bond acceptors (Lipinski definition) is 7. The minimum atomic E-state index is -0.122. The zero-order chi connectivity index (χ0) is 22.3. The highest BCUT2D eigenvalue weighted by Gasteiger charge is 2.14. The number of carbonyl (C=O) groups is 1. The Hall–Kier alpha value is -3.65. The molecule has 0 atom stereocenters. The average Bonchev–Trinajstić information content (AvgIpc) is 3.33. The Morgan fingerprint density at radius 1 is 1.12 bits per heavy atom. The molecule has 4 rings (SSSR count). The number of nitrogens with zero attached hydrogens (tertiary/aromatic N) is 3. The molecule has 8 heteroatoms. The van der Waals surface area contributed by atoms with Crippen LogP contribution < -0.4 is 15.4 Å². The number of rotatable bonds is 8. The van der Waals surface area contributed by atoms with Crippen LogP contribution in [0.2, 0.25) is 0 Å². The number of ether oxygens (including phenoxy) is 1. The maximum Gasteiger partial charge on any atom is 0.251 e. The number of carbonyl (C=O) groups excluding carboxylic acids is 1. The first kappa shape index (κ1) is 21.6. The van der Waals surface area contributed by atoms with Gasteiger partial charge in [0.2, 0.25) is 0 Å². The van der Waals surface area contributed by atoms with E-state index in [1.165, 1.54) is 12.8 Å². The molecular formula is C24H27N5O3. The fourth-order valence-corrected chi connectivity index (χ4v) is 3.71. The number of aromatic hydroxyl groups is 1. The van der Waals surface area contributed by atoms with Gasteiger partial charge in [-0.1, -0.05) is 0 Å². The van der Waals surface area contributed by atoms with Crippen LogP contribution in [0.25, 0.3) is 11.3 Å². The maximum atomic E-state index is 12.5. The van der Waals surface area contributed by atoms with Gasteiger partial charge in [0.1, 0.15) is 17.3 Å². The Bertz CT molecular complexity index is 1070. The SMILES string of the molecule is COc1cc(C(=O)NCCN2CCCC2)ccc1Nc1cncc(-c2ccc(O)cc2)n1. The summed E-state index contributed by atoms with van der Waals surface area (Å²) >= 11 is 0. The van der Waals surface area contributed by atoms with E-state index in [0.29, 0.717) is 35.1 Å². The summed E-state index contributed by atoms with van der Waals surface area (Å²) in [6, 6.07) is 12.0. The number of nitrogens with one attached hydrogen (secondary N) is 2. The molecule has 0 unspecified atom stereocenters. The first-order chi connectivity index (χ1) is 15.6. The summed E-state index contributed by atoms with van der Waals surface area (Å²) in [6.45, 7) is 3.72. The lowest BCUT2D eigenvalue weighted by atomic mass is 10.1. The molecule has 166 valence electrons. The van der Waals surface area contributed by atoms with Gasteiger partial charge in [0.05, 0.1) is 30.9 Å². The third-order valence-electron chi connectivity index (χ3n) is 5.44. The fraction of sp³-hybridized carbons (Fsp3) is 0.292. The zero-order valence-corrected chi connectivity index (χ0v) is 18.0. The minimum Gasteiger partial charge on any atom is -0.508 e. The van der Waals surface area contributed by atoms with Gasteiger partial charge in [-0.25, -0.2) is 4.98 Å². The molecule has 0 spiro atoms. The second-order valence-electron chi connectivity index (χ2n) is 7.68. The van der Waals surface area contributed by atoms with E-state index in [4.69, 9.17) is 4.74 Å². The van der Waals surface area contributed by atoms with Gasteiger partial charge in [0, 0.05) is 24.2 Å². The smallest absolute Gasteiger partial charge is 0.251 e. The van der Waals surface area contributed by atoms with Crippen LogP contribution in [0.1, 0.15) is 23.2 Å². The molecular weight excluding hydrogens is 406 g/mol. The van der Waals surface area contributed by atoms with Crippen molar-refractivity contribution in [3.8, 4) is 22.8 Å². The zero-order valence-electron chi connectivity index (χ0n) is 18.0. The molecule has 32 heavy (non-hydrogen) atoms. The number of methoxy groups -OCH3 is 1. The lowest BCUT2D eigenvalue weighted by Crippen LogP contribution is -2.33. The van der Waals surface area contributed by atoms with Crippen molar-refractivity contribution in [1.82, 2.24) is 20.2 Å². The third kappa shape index (κ3) is 5.33. The number of likely N-dealkylation sites (tertiary alicyclic amines) is 1.